The molecule has 0 bridgehead atoms. The van der Waals surface area contributed by atoms with Crippen LogP contribution in [0.3, 0.4) is 0 Å². The summed E-state index contributed by atoms with van der Waals surface area (Å²) < 4.78 is 12.9. The maximum absolute atomic E-state index is 12.9. The summed E-state index contributed by atoms with van der Waals surface area (Å²) in [5, 5.41) is 14.1. The van der Waals surface area contributed by atoms with E-state index in [-0.39, 0.29) is 22.5 Å². The van der Waals surface area contributed by atoms with Crippen LogP contribution in [-0.2, 0) is 17.1 Å². The van der Waals surface area contributed by atoms with E-state index in [0.29, 0.717) is 23.0 Å². The monoisotopic (exact) mass is 417 g/mol. The van der Waals surface area contributed by atoms with Gasteiger partial charge in [-0.1, -0.05) is 17.4 Å². The van der Waals surface area contributed by atoms with Crippen LogP contribution in [0.5, 0.6) is 0 Å². The largest absolute Gasteiger partial charge is 0.351 e. The fraction of sp³-hybridized carbons (Fsp3) is 0.167. The Balaban J connectivity index is 1.41. The molecule has 2 N–H and O–H groups in total. The summed E-state index contributed by atoms with van der Waals surface area (Å²) in [6.45, 7) is 0.430. The number of hydrogen-bond acceptors (Lipinski definition) is 7. The molecule has 0 fully saturated rings. The Morgan fingerprint density at radius 1 is 1.14 bits per heavy atom. The lowest BCUT2D eigenvalue weighted by atomic mass is 10.3. The molecule has 0 aliphatic carbocycles. The van der Waals surface area contributed by atoms with Crippen molar-refractivity contribution < 1.29 is 14.0 Å². The predicted octanol–water partition coefficient (Wildman–Crippen LogP) is 2.87. The average Bonchev–Trinajstić information content (AvgIpc) is 3.18. The highest BCUT2D eigenvalue weighted by Gasteiger charge is 2.13. The molecule has 0 aliphatic heterocycles. The van der Waals surface area contributed by atoms with E-state index in [1.807, 2.05) is 12.1 Å². The third kappa shape index (κ3) is 6.10. The Morgan fingerprint density at radius 3 is 2.71 bits per heavy atom. The molecule has 0 atom stereocenters. The Kier molecular flexibility index (Phi) is 7.04. The number of carbonyl (C=O) groups is 2. The first-order chi connectivity index (χ1) is 13.6. The normalized spacial score (nSPS) is 10.5. The van der Waals surface area contributed by atoms with Crippen molar-refractivity contribution in [1.82, 2.24) is 20.5 Å². The van der Waals surface area contributed by atoms with Crippen LogP contribution in [0.1, 0.15) is 20.4 Å². The average molecular weight is 417 g/mol. The van der Waals surface area contributed by atoms with E-state index in [2.05, 4.69) is 25.8 Å². The fourth-order valence-corrected chi connectivity index (χ4v) is 3.74. The quantitative estimate of drug-likeness (QED) is 0.585. The van der Waals surface area contributed by atoms with Crippen molar-refractivity contribution in [1.29, 1.82) is 0 Å². The molecule has 3 rings (SSSR count). The van der Waals surface area contributed by atoms with E-state index in [4.69, 9.17) is 0 Å². The zero-order chi connectivity index (χ0) is 19.8. The lowest BCUT2D eigenvalue weighted by Crippen LogP contribution is -2.24. The van der Waals surface area contributed by atoms with Gasteiger partial charge in [-0.05, 0) is 35.9 Å². The van der Waals surface area contributed by atoms with Gasteiger partial charge in [0.15, 0.2) is 0 Å². The van der Waals surface area contributed by atoms with Gasteiger partial charge in [0.1, 0.15) is 10.8 Å². The molecule has 10 heteroatoms. The highest BCUT2D eigenvalue weighted by molar-refractivity contribution is 7.99. The number of pyridine rings is 1. The highest BCUT2D eigenvalue weighted by Crippen LogP contribution is 2.18. The van der Waals surface area contributed by atoms with Crippen molar-refractivity contribution in [2.45, 2.75) is 12.3 Å². The number of benzene rings is 1. The molecule has 28 heavy (non-hydrogen) atoms. The first kappa shape index (κ1) is 19.9. The van der Waals surface area contributed by atoms with Gasteiger partial charge in [0, 0.05) is 30.4 Å². The van der Waals surface area contributed by atoms with E-state index in [1.54, 1.807) is 12.4 Å². The summed E-state index contributed by atoms with van der Waals surface area (Å²) in [5.74, 6) is -0.126. The van der Waals surface area contributed by atoms with Gasteiger partial charge in [0.2, 0.25) is 10.9 Å². The van der Waals surface area contributed by atoms with Crippen molar-refractivity contribution in [2.24, 2.45) is 0 Å². The summed E-state index contributed by atoms with van der Waals surface area (Å²) in [6, 6.07) is 9.16. The van der Waals surface area contributed by atoms with Gasteiger partial charge < -0.3 is 10.6 Å². The summed E-state index contributed by atoms with van der Waals surface area (Å²) in [5.41, 5.74) is 1.41. The molecule has 144 valence electrons. The molecule has 0 saturated carbocycles. The molecule has 0 unspecified atom stereocenters. The second-order valence-corrected chi connectivity index (χ2v) is 7.64. The van der Waals surface area contributed by atoms with Crippen LogP contribution < -0.4 is 10.6 Å². The van der Waals surface area contributed by atoms with E-state index in [1.165, 1.54) is 36.0 Å². The number of nitrogens with one attached hydrogen (secondary N) is 2. The molecule has 7 nitrogen and oxygen atoms in total. The van der Waals surface area contributed by atoms with Gasteiger partial charge >= 0.3 is 0 Å². The maximum Gasteiger partial charge on any atom is 0.286 e. The van der Waals surface area contributed by atoms with Gasteiger partial charge in [0.25, 0.3) is 5.91 Å². The molecule has 2 aromatic heterocycles. The molecule has 2 amide bonds. The van der Waals surface area contributed by atoms with Crippen LogP contribution in [0.15, 0.2) is 48.8 Å². The van der Waals surface area contributed by atoms with Crippen molar-refractivity contribution in [3.05, 3.63) is 70.2 Å². The number of carbonyl (C=O) groups excluding carboxylic acids is 2. The summed E-state index contributed by atoms with van der Waals surface area (Å²) >= 11 is 2.54. The van der Waals surface area contributed by atoms with E-state index < -0.39 is 5.91 Å². The Labute approximate surface area is 168 Å². The smallest absolute Gasteiger partial charge is 0.286 e. The number of halogens is 1. The number of thioether (sulfide) groups is 1. The SMILES string of the molecule is O=C(CSCc1nnc(C(=O)Nc2ccc(F)cc2)s1)NCc1cccnc1. The van der Waals surface area contributed by atoms with Crippen LogP contribution in [0.2, 0.25) is 0 Å². The molecule has 2 heterocycles. The number of amides is 2. The fourth-order valence-electron chi connectivity index (χ4n) is 2.11. The number of nitrogens with zero attached hydrogens (tertiary/aromatic N) is 3. The number of rotatable bonds is 8. The molecule has 3 aromatic rings. The standard InChI is InChI=1S/C18H16FN5O2S2/c19-13-3-5-14(6-4-13)22-17(26)18-24-23-16(28-18)11-27-10-15(25)21-9-12-2-1-7-20-8-12/h1-8H,9-11H2,(H,21,25)(H,22,26). The third-order valence-corrected chi connectivity index (χ3v) is 5.48. The molecule has 0 saturated heterocycles. The lowest BCUT2D eigenvalue weighted by Gasteiger charge is -2.04. The molecule has 1 aromatic carbocycles. The molecule has 0 aliphatic rings. The first-order valence-electron chi connectivity index (χ1n) is 8.23. The Hall–Kier alpha value is -2.85. The number of aromatic nitrogens is 3. The van der Waals surface area contributed by atoms with Crippen molar-refractivity contribution >= 4 is 40.6 Å². The van der Waals surface area contributed by atoms with Gasteiger partial charge in [-0.15, -0.1) is 22.0 Å². The lowest BCUT2D eigenvalue weighted by molar-refractivity contribution is -0.118. The van der Waals surface area contributed by atoms with Gasteiger partial charge in [-0.25, -0.2) is 4.39 Å². The van der Waals surface area contributed by atoms with E-state index in [0.717, 1.165) is 16.9 Å². The molecular formula is C18H16FN5O2S2. The first-order valence-corrected chi connectivity index (χ1v) is 10.2. The van der Waals surface area contributed by atoms with E-state index >= 15 is 0 Å². The Bertz CT molecular complexity index is 935. The Morgan fingerprint density at radius 2 is 1.96 bits per heavy atom. The van der Waals surface area contributed by atoms with Crippen LogP contribution in [0.25, 0.3) is 0 Å². The minimum atomic E-state index is -0.408. The van der Waals surface area contributed by atoms with Crippen molar-refractivity contribution in [3.63, 3.8) is 0 Å². The minimum Gasteiger partial charge on any atom is -0.351 e. The molecule has 0 radical (unpaired) electrons. The number of anilines is 1. The van der Waals surface area contributed by atoms with Gasteiger partial charge in [-0.2, -0.15) is 0 Å². The summed E-state index contributed by atoms with van der Waals surface area (Å²) in [7, 11) is 0. The van der Waals surface area contributed by atoms with Crippen LogP contribution >= 0.6 is 23.1 Å². The third-order valence-electron chi connectivity index (χ3n) is 3.43. The second kappa shape index (κ2) is 9.90. The van der Waals surface area contributed by atoms with Crippen LogP contribution in [0, 0.1) is 5.82 Å². The topological polar surface area (TPSA) is 96.9 Å². The minimum absolute atomic E-state index is 0.0901. The predicted molar refractivity (Wildman–Crippen MR) is 107 cm³/mol. The zero-order valence-corrected chi connectivity index (χ0v) is 16.2. The van der Waals surface area contributed by atoms with Gasteiger partial charge in [0.05, 0.1) is 5.75 Å². The molecular weight excluding hydrogens is 401 g/mol. The van der Waals surface area contributed by atoms with Gasteiger partial charge in [-0.3, -0.25) is 14.6 Å². The maximum atomic E-state index is 12.9. The summed E-state index contributed by atoms with van der Waals surface area (Å²) in [6.07, 6.45) is 3.38. The van der Waals surface area contributed by atoms with Crippen LogP contribution in [-0.4, -0.2) is 32.7 Å². The van der Waals surface area contributed by atoms with Crippen molar-refractivity contribution in [2.75, 3.05) is 11.1 Å². The van der Waals surface area contributed by atoms with Crippen LogP contribution in [0.4, 0.5) is 10.1 Å². The van der Waals surface area contributed by atoms with E-state index in [9.17, 15) is 14.0 Å². The zero-order valence-electron chi connectivity index (χ0n) is 14.6. The second-order valence-electron chi connectivity index (χ2n) is 5.59. The summed E-state index contributed by atoms with van der Waals surface area (Å²) in [4.78, 5) is 28.0. The highest BCUT2D eigenvalue weighted by atomic mass is 32.2. The molecule has 0 spiro atoms. The number of hydrogen-bond donors (Lipinski definition) is 2. The van der Waals surface area contributed by atoms with Crippen molar-refractivity contribution in [3.8, 4) is 0 Å².